The summed E-state index contributed by atoms with van der Waals surface area (Å²) >= 11 is 0. The van der Waals surface area contributed by atoms with Gasteiger partial charge in [0.2, 0.25) is 10.0 Å². The molecule has 0 aliphatic heterocycles. The largest absolute Gasteiger partial charge is 0.345 e. The standard InChI is InChI=1S/C20H24N2O3S/c1-14-16(11-7-13-19(14)22(2)26(3,24)25)20(23)21-18-12-6-9-15-8-4-5-10-17(15)18/h4-5,7-8,10-11,13,18H,6,9,12H2,1-3H3,(H,21,23)/t18-/m0/s1. The van der Waals surface area contributed by atoms with E-state index in [4.69, 9.17) is 0 Å². The zero-order valence-electron chi connectivity index (χ0n) is 15.3. The van der Waals surface area contributed by atoms with Crippen molar-refractivity contribution < 1.29 is 13.2 Å². The average Bonchev–Trinajstić information content (AvgIpc) is 2.61. The van der Waals surface area contributed by atoms with E-state index in [-0.39, 0.29) is 11.9 Å². The third-order valence-corrected chi connectivity index (χ3v) is 6.25. The van der Waals surface area contributed by atoms with Crippen LogP contribution in [0.1, 0.15) is 45.9 Å². The smallest absolute Gasteiger partial charge is 0.252 e. The molecule has 0 spiro atoms. The van der Waals surface area contributed by atoms with Gasteiger partial charge in [-0.2, -0.15) is 0 Å². The van der Waals surface area contributed by atoms with Crippen LogP contribution < -0.4 is 9.62 Å². The van der Waals surface area contributed by atoms with Gasteiger partial charge in [-0.15, -0.1) is 0 Å². The van der Waals surface area contributed by atoms with E-state index in [9.17, 15) is 13.2 Å². The fraction of sp³-hybridized carbons (Fsp3) is 0.350. The van der Waals surface area contributed by atoms with Crippen LogP contribution in [0.4, 0.5) is 5.69 Å². The van der Waals surface area contributed by atoms with Crippen LogP contribution in [0.25, 0.3) is 0 Å². The van der Waals surface area contributed by atoms with E-state index < -0.39 is 10.0 Å². The minimum absolute atomic E-state index is 0.0110. The van der Waals surface area contributed by atoms with Gasteiger partial charge in [-0.25, -0.2) is 8.42 Å². The molecule has 0 saturated heterocycles. The van der Waals surface area contributed by atoms with Gasteiger partial charge in [0.05, 0.1) is 18.0 Å². The summed E-state index contributed by atoms with van der Waals surface area (Å²) < 4.78 is 24.9. The number of hydrogen-bond acceptors (Lipinski definition) is 3. The minimum Gasteiger partial charge on any atom is -0.345 e. The van der Waals surface area contributed by atoms with Crippen molar-refractivity contribution in [2.75, 3.05) is 17.6 Å². The number of carbonyl (C=O) groups excluding carboxylic acids is 1. The van der Waals surface area contributed by atoms with Crippen LogP contribution in [-0.2, 0) is 16.4 Å². The van der Waals surface area contributed by atoms with E-state index in [1.54, 1.807) is 25.1 Å². The molecule has 5 nitrogen and oxygen atoms in total. The lowest BCUT2D eigenvalue weighted by atomic mass is 9.87. The second-order valence-corrected chi connectivity index (χ2v) is 8.81. The Morgan fingerprint density at radius 2 is 1.88 bits per heavy atom. The molecule has 0 fully saturated rings. The van der Waals surface area contributed by atoms with Crippen molar-refractivity contribution in [3.63, 3.8) is 0 Å². The second kappa shape index (κ2) is 7.11. The molecule has 0 saturated carbocycles. The van der Waals surface area contributed by atoms with Gasteiger partial charge in [-0.3, -0.25) is 9.10 Å². The molecule has 1 amide bonds. The summed E-state index contributed by atoms with van der Waals surface area (Å²) in [6, 6.07) is 13.4. The van der Waals surface area contributed by atoms with Crippen molar-refractivity contribution in [1.29, 1.82) is 0 Å². The highest BCUT2D eigenvalue weighted by Crippen LogP contribution is 2.30. The quantitative estimate of drug-likeness (QED) is 0.896. The van der Waals surface area contributed by atoms with Crippen LogP contribution in [-0.4, -0.2) is 27.6 Å². The first-order valence-corrected chi connectivity index (χ1v) is 10.6. The molecule has 1 atom stereocenters. The third-order valence-electron chi connectivity index (χ3n) is 5.06. The Morgan fingerprint density at radius 1 is 1.15 bits per heavy atom. The average molecular weight is 372 g/mol. The molecule has 1 aliphatic rings. The van der Waals surface area contributed by atoms with Gasteiger partial charge in [-0.1, -0.05) is 30.3 Å². The molecule has 0 radical (unpaired) electrons. The number of anilines is 1. The lowest BCUT2D eigenvalue weighted by Gasteiger charge is -2.27. The molecular weight excluding hydrogens is 348 g/mol. The highest BCUT2D eigenvalue weighted by atomic mass is 32.2. The van der Waals surface area contributed by atoms with Gasteiger partial charge in [0.1, 0.15) is 0 Å². The summed E-state index contributed by atoms with van der Waals surface area (Å²) in [5.41, 5.74) is 4.13. The fourth-order valence-corrected chi connectivity index (χ4v) is 4.08. The van der Waals surface area contributed by atoms with Gasteiger partial charge in [-0.05, 0) is 55.0 Å². The van der Waals surface area contributed by atoms with E-state index >= 15 is 0 Å². The maximum atomic E-state index is 12.9. The van der Waals surface area contributed by atoms with Gasteiger partial charge < -0.3 is 5.32 Å². The zero-order chi connectivity index (χ0) is 18.9. The summed E-state index contributed by atoms with van der Waals surface area (Å²) in [6.45, 7) is 1.78. The van der Waals surface area contributed by atoms with Crippen molar-refractivity contribution in [3.8, 4) is 0 Å². The van der Waals surface area contributed by atoms with E-state index in [1.165, 1.54) is 22.5 Å². The van der Waals surface area contributed by atoms with E-state index in [0.717, 1.165) is 25.5 Å². The first kappa shape index (κ1) is 18.5. The number of benzene rings is 2. The summed E-state index contributed by atoms with van der Waals surface area (Å²) in [4.78, 5) is 12.9. The number of sulfonamides is 1. The van der Waals surface area contributed by atoms with Crippen molar-refractivity contribution in [1.82, 2.24) is 5.32 Å². The SMILES string of the molecule is Cc1c(C(=O)N[C@H]2CCCc3ccccc32)cccc1N(C)S(C)(=O)=O. The van der Waals surface area contributed by atoms with Crippen LogP contribution in [0, 0.1) is 6.92 Å². The van der Waals surface area contributed by atoms with Crippen LogP contribution >= 0.6 is 0 Å². The third kappa shape index (κ3) is 3.60. The molecule has 1 aliphatic carbocycles. The van der Waals surface area contributed by atoms with Gasteiger partial charge in [0.25, 0.3) is 5.91 Å². The number of nitrogens with one attached hydrogen (secondary N) is 1. The fourth-order valence-electron chi connectivity index (χ4n) is 3.53. The van der Waals surface area contributed by atoms with E-state index in [1.807, 2.05) is 12.1 Å². The van der Waals surface area contributed by atoms with Crippen LogP contribution in [0.5, 0.6) is 0 Å². The number of carbonyl (C=O) groups is 1. The normalized spacial score (nSPS) is 16.7. The minimum atomic E-state index is -3.39. The van der Waals surface area contributed by atoms with E-state index in [0.29, 0.717) is 16.8 Å². The monoisotopic (exact) mass is 372 g/mol. The maximum Gasteiger partial charge on any atom is 0.252 e. The van der Waals surface area contributed by atoms with Crippen molar-refractivity contribution in [3.05, 3.63) is 64.7 Å². The number of aryl methyl sites for hydroxylation is 1. The van der Waals surface area contributed by atoms with Gasteiger partial charge >= 0.3 is 0 Å². The first-order chi connectivity index (χ1) is 12.3. The summed E-state index contributed by atoms with van der Waals surface area (Å²) in [6.07, 6.45) is 4.14. The number of amides is 1. The summed E-state index contributed by atoms with van der Waals surface area (Å²) in [5, 5.41) is 3.13. The lowest BCUT2D eigenvalue weighted by molar-refractivity contribution is 0.0932. The number of rotatable bonds is 4. The van der Waals surface area contributed by atoms with Crippen molar-refractivity contribution in [2.24, 2.45) is 0 Å². The lowest BCUT2D eigenvalue weighted by Crippen LogP contribution is -2.32. The van der Waals surface area contributed by atoms with Crippen LogP contribution in [0.2, 0.25) is 0 Å². The highest BCUT2D eigenvalue weighted by Gasteiger charge is 2.24. The Labute approximate surface area is 155 Å². The molecule has 1 N–H and O–H groups in total. The zero-order valence-corrected chi connectivity index (χ0v) is 16.1. The number of nitrogens with zero attached hydrogens (tertiary/aromatic N) is 1. The number of hydrogen-bond donors (Lipinski definition) is 1. The topological polar surface area (TPSA) is 66.5 Å². The highest BCUT2D eigenvalue weighted by molar-refractivity contribution is 7.92. The molecule has 2 aromatic rings. The van der Waals surface area contributed by atoms with Crippen LogP contribution in [0.15, 0.2) is 42.5 Å². The predicted molar refractivity (Wildman–Crippen MR) is 104 cm³/mol. The molecule has 0 aromatic heterocycles. The number of fused-ring (bicyclic) bond motifs is 1. The molecule has 2 aromatic carbocycles. The Hall–Kier alpha value is -2.34. The Balaban J connectivity index is 1.88. The Bertz CT molecular complexity index is 938. The van der Waals surface area contributed by atoms with Crippen molar-refractivity contribution >= 4 is 21.6 Å². The molecule has 3 rings (SSSR count). The molecule has 138 valence electrons. The van der Waals surface area contributed by atoms with Crippen LogP contribution in [0.3, 0.4) is 0 Å². The Morgan fingerprint density at radius 3 is 2.62 bits per heavy atom. The molecule has 0 heterocycles. The van der Waals surface area contributed by atoms with Gasteiger partial charge in [0.15, 0.2) is 0 Å². The molecule has 6 heteroatoms. The van der Waals surface area contributed by atoms with Crippen molar-refractivity contribution in [2.45, 2.75) is 32.2 Å². The molecular formula is C20H24N2O3S. The second-order valence-electron chi connectivity index (χ2n) is 6.80. The molecule has 26 heavy (non-hydrogen) atoms. The first-order valence-electron chi connectivity index (χ1n) is 8.71. The molecule has 0 bridgehead atoms. The Kier molecular flexibility index (Phi) is 5.05. The summed E-state index contributed by atoms with van der Waals surface area (Å²) in [5.74, 6) is -0.173. The maximum absolute atomic E-state index is 12.9. The predicted octanol–water partition coefficient (Wildman–Crippen LogP) is 3.20. The van der Waals surface area contributed by atoms with Gasteiger partial charge in [0, 0.05) is 12.6 Å². The van der Waals surface area contributed by atoms with E-state index in [2.05, 4.69) is 17.4 Å². The molecule has 0 unspecified atom stereocenters. The summed E-state index contributed by atoms with van der Waals surface area (Å²) in [7, 11) is -1.89.